The maximum absolute atomic E-state index is 13.9. The number of hydrogen-bond acceptors (Lipinski definition) is 5. The number of rotatable bonds is 12. The summed E-state index contributed by atoms with van der Waals surface area (Å²) in [4.78, 5) is 15.5. The molecule has 3 aromatic rings. The first kappa shape index (κ1) is 28.8. The highest BCUT2D eigenvalue weighted by Gasteiger charge is 2.23. The maximum Gasteiger partial charge on any atom is 0.251 e. The van der Waals surface area contributed by atoms with Gasteiger partial charge in [0.15, 0.2) is 0 Å². The van der Waals surface area contributed by atoms with Crippen LogP contribution >= 0.6 is 0 Å². The second kappa shape index (κ2) is 14.3. The lowest BCUT2D eigenvalue weighted by atomic mass is 9.99. The molecular formula is C31H37F2N3O3. The highest BCUT2D eigenvalue weighted by atomic mass is 19.1. The normalized spacial score (nSPS) is 15.6. The van der Waals surface area contributed by atoms with Gasteiger partial charge in [0.2, 0.25) is 0 Å². The van der Waals surface area contributed by atoms with Gasteiger partial charge >= 0.3 is 0 Å². The van der Waals surface area contributed by atoms with Crippen molar-refractivity contribution in [2.24, 2.45) is 0 Å². The molecule has 4 rings (SSSR count). The van der Waals surface area contributed by atoms with Crippen molar-refractivity contribution < 1.29 is 23.4 Å². The molecule has 0 radical (unpaired) electrons. The van der Waals surface area contributed by atoms with E-state index in [1.807, 2.05) is 30.3 Å². The third-order valence-electron chi connectivity index (χ3n) is 6.94. The van der Waals surface area contributed by atoms with Gasteiger partial charge in [-0.2, -0.15) is 0 Å². The summed E-state index contributed by atoms with van der Waals surface area (Å²) >= 11 is 0. The Hall–Kier alpha value is -3.17. The van der Waals surface area contributed by atoms with E-state index in [1.165, 1.54) is 17.7 Å². The van der Waals surface area contributed by atoms with Gasteiger partial charge in [0.25, 0.3) is 5.91 Å². The Morgan fingerprint density at radius 2 is 1.64 bits per heavy atom. The maximum atomic E-state index is 13.9. The van der Waals surface area contributed by atoms with Crippen molar-refractivity contribution >= 4 is 5.91 Å². The highest BCUT2D eigenvalue weighted by molar-refractivity contribution is 5.94. The number of carbonyl (C=O) groups is 1. The molecule has 6 nitrogen and oxygen atoms in total. The zero-order valence-corrected chi connectivity index (χ0v) is 22.3. The minimum absolute atomic E-state index is 0.0715. The van der Waals surface area contributed by atoms with Crippen LogP contribution < -0.4 is 10.6 Å². The van der Waals surface area contributed by atoms with Crippen LogP contribution in [0.4, 0.5) is 8.78 Å². The first-order chi connectivity index (χ1) is 18.9. The largest absolute Gasteiger partial charge is 0.390 e. The molecule has 0 bridgehead atoms. The van der Waals surface area contributed by atoms with E-state index >= 15 is 0 Å². The van der Waals surface area contributed by atoms with E-state index in [0.29, 0.717) is 37.4 Å². The molecule has 1 amide bonds. The quantitative estimate of drug-likeness (QED) is 0.327. The monoisotopic (exact) mass is 537 g/mol. The second-order valence-corrected chi connectivity index (χ2v) is 10.0. The topological polar surface area (TPSA) is 73.8 Å². The summed E-state index contributed by atoms with van der Waals surface area (Å²) in [5, 5.41) is 17.2. The van der Waals surface area contributed by atoms with Crippen molar-refractivity contribution in [3.05, 3.63) is 106 Å². The Morgan fingerprint density at radius 1 is 0.949 bits per heavy atom. The van der Waals surface area contributed by atoms with E-state index < -0.39 is 23.8 Å². The second-order valence-electron chi connectivity index (χ2n) is 10.0. The van der Waals surface area contributed by atoms with Crippen LogP contribution in [-0.2, 0) is 30.7 Å². The molecule has 1 heterocycles. The molecule has 0 spiro atoms. The Kier molecular flexibility index (Phi) is 10.6. The van der Waals surface area contributed by atoms with E-state index in [4.69, 9.17) is 4.74 Å². The van der Waals surface area contributed by atoms with Crippen LogP contribution in [-0.4, -0.2) is 60.9 Å². The lowest BCUT2D eigenvalue weighted by Gasteiger charge is -2.27. The fraction of sp³-hybridized carbons (Fsp3) is 0.387. The summed E-state index contributed by atoms with van der Waals surface area (Å²) in [6.07, 6.45) is 0.0101. The Morgan fingerprint density at radius 3 is 2.38 bits per heavy atom. The number of aryl methyl sites for hydroxylation is 1. The molecule has 3 N–H and O–H groups in total. The molecule has 0 aliphatic carbocycles. The summed E-state index contributed by atoms with van der Waals surface area (Å²) in [6.45, 7) is 6.60. The number of nitrogens with one attached hydrogen (secondary N) is 2. The summed E-state index contributed by atoms with van der Waals surface area (Å²) in [6, 6.07) is 18.1. The van der Waals surface area contributed by atoms with Gasteiger partial charge in [-0.15, -0.1) is 0 Å². The Labute approximate surface area is 229 Å². The number of aliphatic hydroxyl groups excluding tert-OH is 1. The number of ether oxygens (including phenoxy) is 1. The fourth-order valence-corrected chi connectivity index (χ4v) is 4.81. The van der Waals surface area contributed by atoms with Gasteiger partial charge in [-0.3, -0.25) is 9.69 Å². The van der Waals surface area contributed by atoms with E-state index in [0.717, 1.165) is 36.7 Å². The smallest absolute Gasteiger partial charge is 0.251 e. The molecule has 1 aliphatic rings. The van der Waals surface area contributed by atoms with E-state index in [1.54, 1.807) is 6.07 Å². The van der Waals surface area contributed by atoms with Crippen molar-refractivity contribution in [3.8, 4) is 0 Å². The molecule has 0 aromatic heterocycles. The van der Waals surface area contributed by atoms with Crippen LogP contribution in [0.25, 0.3) is 0 Å². The highest BCUT2D eigenvalue weighted by Crippen LogP contribution is 2.15. The molecule has 2 atom stereocenters. The number of benzene rings is 3. The average molecular weight is 538 g/mol. The molecule has 39 heavy (non-hydrogen) atoms. The minimum atomic E-state index is -0.994. The first-order valence-electron chi connectivity index (χ1n) is 13.5. The summed E-state index contributed by atoms with van der Waals surface area (Å²) in [5.74, 6) is -1.75. The molecule has 208 valence electrons. The van der Waals surface area contributed by atoms with Crippen molar-refractivity contribution in [2.45, 2.75) is 45.0 Å². The van der Waals surface area contributed by atoms with E-state index in [9.17, 15) is 18.7 Å². The number of hydrogen-bond donors (Lipinski definition) is 3. The van der Waals surface area contributed by atoms with Gasteiger partial charge in [-0.1, -0.05) is 43.3 Å². The van der Waals surface area contributed by atoms with Crippen LogP contribution in [0.3, 0.4) is 0 Å². The van der Waals surface area contributed by atoms with Crippen LogP contribution in [0.5, 0.6) is 0 Å². The lowest BCUT2D eigenvalue weighted by Crippen LogP contribution is -2.48. The summed E-state index contributed by atoms with van der Waals surface area (Å²) < 4.78 is 33.2. The number of aliphatic hydroxyl groups is 1. The van der Waals surface area contributed by atoms with Crippen molar-refractivity contribution in [3.63, 3.8) is 0 Å². The Balaban J connectivity index is 1.44. The number of amides is 1. The van der Waals surface area contributed by atoms with E-state index in [-0.39, 0.29) is 18.9 Å². The fourth-order valence-electron chi connectivity index (χ4n) is 4.81. The molecule has 1 fully saturated rings. The summed E-state index contributed by atoms with van der Waals surface area (Å²) in [5.41, 5.74) is 4.14. The van der Waals surface area contributed by atoms with Gasteiger partial charge < -0.3 is 20.5 Å². The number of morpholine rings is 1. The molecule has 8 heteroatoms. The number of halogens is 2. The van der Waals surface area contributed by atoms with Gasteiger partial charge in [0.1, 0.15) is 11.6 Å². The van der Waals surface area contributed by atoms with Crippen LogP contribution in [0.15, 0.2) is 66.7 Å². The third kappa shape index (κ3) is 8.93. The van der Waals surface area contributed by atoms with Crippen molar-refractivity contribution in [1.29, 1.82) is 0 Å². The zero-order chi connectivity index (χ0) is 27.6. The Bertz CT molecular complexity index is 1210. The number of carbonyl (C=O) groups excluding carboxylic acids is 1. The van der Waals surface area contributed by atoms with Crippen molar-refractivity contribution in [1.82, 2.24) is 15.5 Å². The molecule has 1 aliphatic heterocycles. The molecular weight excluding hydrogens is 500 g/mol. The molecule has 1 saturated heterocycles. The minimum Gasteiger partial charge on any atom is -0.390 e. The lowest BCUT2D eigenvalue weighted by molar-refractivity contribution is 0.0342. The third-order valence-corrected chi connectivity index (χ3v) is 6.94. The standard InChI is InChI=1S/C31H37F2N3O3/c1-2-22-5-3-6-23(13-22)19-34-20-30(37)29(17-25-15-27(32)18-28(33)16-25)35-31(38)26-8-4-7-24(14-26)21-36-9-11-39-12-10-36/h3-8,13-16,18,29-30,34,37H,2,9-12,17,19-21H2,1H3,(H,35,38)/t29-,30+/m0/s1. The number of nitrogens with zero attached hydrogens (tertiary/aromatic N) is 1. The summed E-state index contributed by atoms with van der Waals surface area (Å²) in [7, 11) is 0. The van der Waals surface area contributed by atoms with Crippen LogP contribution in [0, 0.1) is 11.6 Å². The average Bonchev–Trinajstić information content (AvgIpc) is 2.93. The van der Waals surface area contributed by atoms with Gasteiger partial charge in [-0.25, -0.2) is 8.78 Å². The van der Waals surface area contributed by atoms with Gasteiger partial charge in [0, 0.05) is 44.4 Å². The van der Waals surface area contributed by atoms with E-state index in [2.05, 4.69) is 34.6 Å². The van der Waals surface area contributed by atoms with Gasteiger partial charge in [0.05, 0.1) is 25.4 Å². The van der Waals surface area contributed by atoms with Crippen LogP contribution in [0.1, 0.15) is 39.5 Å². The predicted molar refractivity (Wildman–Crippen MR) is 147 cm³/mol. The van der Waals surface area contributed by atoms with Crippen LogP contribution in [0.2, 0.25) is 0 Å². The van der Waals surface area contributed by atoms with Crippen molar-refractivity contribution in [2.75, 3.05) is 32.8 Å². The SMILES string of the molecule is CCc1cccc(CNC[C@@H](O)[C@H](Cc2cc(F)cc(F)c2)NC(=O)c2cccc(CN3CCOCC3)c2)c1. The molecule has 0 unspecified atom stereocenters. The van der Waals surface area contributed by atoms with Gasteiger partial charge in [-0.05, 0) is 59.4 Å². The molecule has 0 saturated carbocycles. The first-order valence-corrected chi connectivity index (χ1v) is 13.5. The molecule has 3 aromatic carbocycles. The zero-order valence-electron chi connectivity index (χ0n) is 22.3. The predicted octanol–water partition coefficient (Wildman–Crippen LogP) is 3.85.